The number of aldehydes is 1. The van der Waals surface area contributed by atoms with Crippen molar-refractivity contribution in [2.75, 3.05) is 0 Å². The summed E-state index contributed by atoms with van der Waals surface area (Å²) < 4.78 is 0. The summed E-state index contributed by atoms with van der Waals surface area (Å²) in [5, 5.41) is 0. The number of rotatable bonds is 5. The van der Waals surface area contributed by atoms with Crippen molar-refractivity contribution in [3.8, 4) is 0 Å². The van der Waals surface area contributed by atoms with Crippen LogP contribution in [0.25, 0.3) is 0 Å². The van der Waals surface area contributed by atoms with Gasteiger partial charge in [-0.05, 0) is 74.8 Å². The molecule has 0 N–H and O–H groups in total. The third-order valence-corrected chi connectivity index (χ3v) is 3.52. The second kappa shape index (κ2) is 5.83. The number of aryl methyl sites for hydroxylation is 2. The van der Waals surface area contributed by atoms with Crippen molar-refractivity contribution in [1.29, 1.82) is 0 Å². The Bertz CT molecular complexity index is 351. The van der Waals surface area contributed by atoms with Crippen LogP contribution < -0.4 is 0 Å². The van der Waals surface area contributed by atoms with Gasteiger partial charge in [0.15, 0.2) is 0 Å². The van der Waals surface area contributed by atoms with Gasteiger partial charge < -0.3 is 4.79 Å². The first kappa shape index (κ1) is 13.0. The number of hydrogen-bond acceptors (Lipinski definition) is 1. The number of unbranched alkanes of at least 4 members (excludes halogenated alkanes) is 2. The van der Waals surface area contributed by atoms with E-state index in [1.54, 1.807) is 0 Å². The lowest BCUT2D eigenvalue weighted by Crippen LogP contribution is -1.99. The quantitative estimate of drug-likeness (QED) is 0.542. The Morgan fingerprint density at radius 1 is 1.00 bits per heavy atom. The highest BCUT2D eigenvalue weighted by molar-refractivity contribution is 5.49. The minimum atomic E-state index is 0.697. The van der Waals surface area contributed by atoms with Gasteiger partial charge in [0, 0.05) is 6.42 Å². The van der Waals surface area contributed by atoms with Crippen LogP contribution in [0.3, 0.4) is 0 Å². The van der Waals surface area contributed by atoms with Crippen molar-refractivity contribution in [3.05, 3.63) is 33.9 Å². The number of hydrogen-bond donors (Lipinski definition) is 0. The Morgan fingerprint density at radius 3 is 2.06 bits per heavy atom. The SMILES string of the molecule is Cc1cc(C)c(C)c(CCCCC=O)c1C. The van der Waals surface area contributed by atoms with E-state index < -0.39 is 0 Å². The molecule has 0 aliphatic carbocycles. The minimum Gasteiger partial charge on any atom is -0.303 e. The average Bonchev–Trinajstić information content (AvgIpc) is 2.25. The molecule has 0 aliphatic heterocycles. The van der Waals surface area contributed by atoms with Crippen LogP contribution in [0.5, 0.6) is 0 Å². The largest absolute Gasteiger partial charge is 0.303 e. The second-order valence-corrected chi connectivity index (χ2v) is 4.65. The molecule has 88 valence electrons. The Labute approximate surface area is 98.9 Å². The van der Waals surface area contributed by atoms with Gasteiger partial charge in [0.05, 0.1) is 0 Å². The zero-order valence-electron chi connectivity index (χ0n) is 10.9. The molecule has 0 amide bonds. The summed E-state index contributed by atoms with van der Waals surface area (Å²) >= 11 is 0. The molecule has 0 aliphatic rings. The zero-order chi connectivity index (χ0) is 12.1. The van der Waals surface area contributed by atoms with E-state index in [0.717, 1.165) is 25.5 Å². The van der Waals surface area contributed by atoms with Gasteiger partial charge in [0.25, 0.3) is 0 Å². The van der Waals surface area contributed by atoms with E-state index in [0.29, 0.717) is 6.42 Å². The van der Waals surface area contributed by atoms with Crippen molar-refractivity contribution in [2.45, 2.75) is 53.4 Å². The maximum absolute atomic E-state index is 10.3. The highest BCUT2D eigenvalue weighted by atomic mass is 16.1. The van der Waals surface area contributed by atoms with Crippen molar-refractivity contribution in [1.82, 2.24) is 0 Å². The van der Waals surface area contributed by atoms with E-state index in [1.165, 1.54) is 27.8 Å². The topological polar surface area (TPSA) is 17.1 Å². The molecule has 0 unspecified atom stereocenters. The monoisotopic (exact) mass is 218 g/mol. The number of carbonyl (C=O) groups is 1. The molecule has 1 heteroatoms. The lowest BCUT2D eigenvalue weighted by atomic mass is 9.91. The third-order valence-electron chi connectivity index (χ3n) is 3.52. The highest BCUT2D eigenvalue weighted by Crippen LogP contribution is 2.23. The van der Waals surface area contributed by atoms with Gasteiger partial charge in [-0.2, -0.15) is 0 Å². The molecule has 0 spiro atoms. The van der Waals surface area contributed by atoms with Crippen LogP contribution in [0.1, 0.15) is 47.1 Å². The first-order chi connectivity index (χ1) is 7.57. The zero-order valence-corrected chi connectivity index (χ0v) is 10.9. The van der Waals surface area contributed by atoms with Crippen LogP contribution in [0, 0.1) is 27.7 Å². The normalized spacial score (nSPS) is 10.5. The molecule has 0 atom stereocenters. The van der Waals surface area contributed by atoms with Crippen molar-refractivity contribution in [2.24, 2.45) is 0 Å². The van der Waals surface area contributed by atoms with Crippen molar-refractivity contribution in [3.63, 3.8) is 0 Å². The van der Waals surface area contributed by atoms with E-state index in [2.05, 4.69) is 33.8 Å². The molecular weight excluding hydrogens is 196 g/mol. The Morgan fingerprint density at radius 2 is 1.56 bits per heavy atom. The summed E-state index contributed by atoms with van der Waals surface area (Å²) in [5.41, 5.74) is 7.11. The molecule has 0 fully saturated rings. The molecule has 0 radical (unpaired) electrons. The molecule has 0 heterocycles. The predicted molar refractivity (Wildman–Crippen MR) is 69.0 cm³/mol. The summed E-state index contributed by atoms with van der Waals surface area (Å²) in [4.78, 5) is 10.3. The van der Waals surface area contributed by atoms with Crippen LogP contribution in [0.15, 0.2) is 6.07 Å². The molecule has 1 nitrogen and oxygen atoms in total. The van der Waals surface area contributed by atoms with Crippen LogP contribution in [-0.4, -0.2) is 6.29 Å². The first-order valence-electron chi connectivity index (χ1n) is 6.07. The lowest BCUT2D eigenvalue weighted by Gasteiger charge is -2.15. The summed E-state index contributed by atoms with van der Waals surface area (Å²) in [5.74, 6) is 0. The van der Waals surface area contributed by atoms with Gasteiger partial charge in [-0.1, -0.05) is 6.07 Å². The fourth-order valence-corrected chi connectivity index (χ4v) is 2.20. The van der Waals surface area contributed by atoms with Crippen molar-refractivity contribution < 1.29 is 4.79 Å². The molecule has 0 saturated carbocycles. The van der Waals surface area contributed by atoms with Gasteiger partial charge in [-0.15, -0.1) is 0 Å². The van der Waals surface area contributed by atoms with Crippen LogP contribution in [0.4, 0.5) is 0 Å². The summed E-state index contributed by atoms with van der Waals surface area (Å²) in [6.45, 7) is 8.76. The van der Waals surface area contributed by atoms with Gasteiger partial charge in [-0.3, -0.25) is 0 Å². The Balaban J connectivity index is 2.81. The van der Waals surface area contributed by atoms with E-state index in [9.17, 15) is 4.79 Å². The fraction of sp³-hybridized carbons (Fsp3) is 0.533. The van der Waals surface area contributed by atoms with Crippen molar-refractivity contribution >= 4 is 6.29 Å². The van der Waals surface area contributed by atoms with E-state index in [-0.39, 0.29) is 0 Å². The molecular formula is C15H22O. The molecule has 0 aromatic heterocycles. The molecule has 0 bridgehead atoms. The van der Waals surface area contributed by atoms with Gasteiger partial charge in [-0.25, -0.2) is 0 Å². The molecule has 1 aromatic carbocycles. The number of carbonyl (C=O) groups excluding carboxylic acids is 1. The predicted octanol–water partition coefficient (Wildman–Crippen LogP) is 3.83. The van der Waals surface area contributed by atoms with Gasteiger partial charge >= 0.3 is 0 Å². The molecule has 1 aromatic rings. The van der Waals surface area contributed by atoms with Gasteiger partial charge in [0.1, 0.15) is 6.29 Å². The van der Waals surface area contributed by atoms with E-state index >= 15 is 0 Å². The Kier molecular flexibility index (Phi) is 4.72. The molecule has 16 heavy (non-hydrogen) atoms. The van der Waals surface area contributed by atoms with Crippen LogP contribution >= 0.6 is 0 Å². The van der Waals surface area contributed by atoms with E-state index in [4.69, 9.17) is 0 Å². The third kappa shape index (κ3) is 2.94. The van der Waals surface area contributed by atoms with Crippen LogP contribution in [0.2, 0.25) is 0 Å². The molecule has 0 saturated heterocycles. The summed E-state index contributed by atoms with van der Waals surface area (Å²) in [6, 6.07) is 2.26. The van der Waals surface area contributed by atoms with Gasteiger partial charge in [0.2, 0.25) is 0 Å². The summed E-state index contributed by atoms with van der Waals surface area (Å²) in [7, 11) is 0. The van der Waals surface area contributed by atoms with Crippen LogP contribution in [-0.2, 0) is 11.2 Å². The maximum atomic E-state index is 10.3. The minimum absolute atomic E-state index is 0.697. The smallest absolute Gasteiger partial charge is 0.119 e. The average molecular weight is 218 g/mol. The lowest BCUT2D eigenvalue weighted by molar-refractivity contribution is -0.107. The standard InChI is InChI=1S/C15H22O/c1-11-10-12(2)14(4)15(13(11)3)8-6-5-7-9-16/h9-10H,5-8H2,1-4H3. The number of benzene rings is 1. The van der Waals surface area contributed by atoms with E-state index in [1.807, 2.05) is 0 Å². The summed E-state index contributed by atoms with van der Waals surface area (Å²) in [6.07, 6.45) is 4.94. The highest BCUT2D eigenvalue weighted by Gasteiger charge is 2.07. The first-order valence-corrected chi connectivity index (χ1v) is 6.07. The molecule has 1 rings (SSSR count). The fourth-order valence-electron chi connectivity index (χ4n) is 2.20. The Hall–Kier alpha value is -1.11. The second-order valence-electron chi connectivity index (χ2n) is 4.65. The maximum Gasteiger partial charge on any atom is 0.119 e.